The van der Waals surface area contributed by atoms with Crippen LogP contribution in [0.1, 0.15) is 13.3 Å². The minimum atomic E-state index is -3.33. The first-order chi connectivity index (χ1) is 13.4. The Morgan fingerprint density at radius 1 is 1.39 bits per heavy atom. The average molecular weight is 395 g/mol. The summed E-state index contributed by atoms with van der Waals surface area (Å²) in [6.07, 6.45) is 5.28. The van der Waals surface area contributed by atoms with Crippen LogP contribution in [0.5, 0.6) is 0 Å². The van der Waals surface area contributed by atoms with Gasteiger partial charge < -0.3 is 9.83 Å². The van der Waals surface area contributed by atoms with E-state index in [0.29, 0.717) is 11.2 Å². The largest absolute Gasteiger partial charge is 0.358 e. The lowest BCUT2D eigenvalue weighted by atomic mass is 9.89. The number of nitriles is 1. The van der Waals surface area contributed by atoms with Crippen molar-refractivity contribution in [1.82, 2.24) is 24.1 Å². The molecule has 1 aliphatic heterocycles. The molecule has 0 aromatic carbocycles. The van der Waals surface area contributed by atoms with Gasteiger partial charge in [0, 0.05) is 42.6 Å². The first-order valence-corrected chi connectivity index (χ1v) is 10.3. The fraction of sp³-hybridized carbons (Fsp3) is 0.333. The maximum atomic E-state index is 12.1. The molecule has 142 valence electrons. The third-order valence-electron chi connectivity index (χ3n) is 5.14. The third kappa shape index (κ3) is 2.66. The second-order valence-corrected chi connectivity index (χ2v) is 9.01. The Morgan fingerprint density at radius 2 is 2.18 bits per heavy atom. The van der Waals surface area contributed by atoms with Crippen LogP contribution in [0, 0.1) is 17.9 Å². The molecule has 0 spiro atoms. The van der Waals surface area contributed by atoms with Crippen LogP contribution in [0.2, 0.25) is 0 Å². The summed E-state index contributed by atoms with van der Waals surface area (Å²) in [7, 11) is -3.33. The van der Waals surface area contributed by atoms with Gasteiger partial charge in [-0.3, -0.25) is 0 Å². The molecule has 10 heteroatoms. The van der Waals surface area contributed by atoms with Crippen LogP contribution in [0.3, 0.4) is 0 Å². The van der Waals surface area contributed by atoms with E-state index in [1.54, 1.807) is 30.2 Å². The Balaban J connectivity index is 1.79. The predicted octanol–water partition coefficient (Wildman–Crippen LogP) is 2.25. The Labute approximate surface area is 162 Å². The number of H-pyrrole nitrogens is 1. The average Bonchev–Trinajstić information content (AvgIpc) is 3.30. The van der Waals surface area contributed by atoms with Crippen LogP contribution < -0.4 is 0 Å². The summed E-state index contributed by atoms with van der Waals surface area (Å²) in [5.74, 6) is 0.221. The van der Waals surface area contributed by atoms with Crippen molar-refractivity contribution >= 4 is 26.9 Å². The molecule has 1 aliphatic rings. The Bertz CT molecular complexity index is 1240. The third-order valence-corrected chi connectivity index (χ3v) is 6.92. The summed E-state index contributed by atoms with van der Waals surface area (Å²) < 4.78 is 27.2. The molecular formula is C18H17N7O2S. The molecule has 1 saturated heterocycles. The summed E-state index contributed by atoms with van der Waals surface area (Å²) in [4.78, 5) is 10.9. The van der Waals surface area contributed by atoms with Crippen molar-refractivity contribution in [3.63, 3.8) is 0 Å². The molecule has 0 bridgehead atoms. The number of hydrogen-bond donors (Lipinski definition) is 1. The van der Waals surface area contributed by atoms with Crippen LogP contribution in [-0.4, -0.2) is 51.3 Å². The van der Waals surface area contributed by atoms with Crippen LogP contribution in [0.4, 0.5) is 5.82 Å². The van der Waals surface area contributed by atoms with Gasteiger partial charge in [0.25, 0.3) is 0 Å². The number of sulfonamides is 1. The molecule has 3 aromatic heterocycles. The first kappa shape index (κ1) is 18.2. The van der Waals surface area contributed by atoms with Gasteiger partial charge in [0.1, 0.15) is 11.2 Å². The van der Waals surface area contributed by atoms with Gasteiger partial charge in [-0.1, -0.05) is 6.57 Å². The maximum Gasteiger partial charge on any atom is 0.303 e. The molecule has 0 saturated carbocycles. The van der Waals surface area contributed by atoms with Crippen molar-refractivity contribution in [3.05, 3.63) is 42.1 Å². The molecule has 0 atom stereocenters. The minimum absolute atomic E-state index is 0.00970. The van der Waals surface area contributed by atoms with E-state index in [2.05, 4.69) is 26.0 Å². The molecule has 28 heavy (non-hydrogen) atoms. The molecule has 3 aromatic rings. The number of rotatable bonds is 5. The molecule has 0 unspecified atom stereocenters. The number of fused-ring (bicyclic) bond motifs is 1. The SMILES string of the molecule is [C-]#[N+]c1nn(C2(CC#N)CN(S(=O)(=O)CC)C2)cc1-c1ccnc2[nH]ccc12. The Morgan fingerprint density at radius 3 is 2.86 bits per heavy atom. The van der Waals surface area contributed by atoms with Crippen molar-refractivity contribution in [2.45, 2.75) is 18.9 Å². The van der Waals surface area contributed by atoms with E-state index >= 15 is 0 Å². The highest BCUT2D eigenvalue weighted by Gasteiger charge is 2.51. The van der Waals surface area contributed by atoms with Gasteiger partial charge in [-0.25, -0.2) is 13.4 Å². The summed E-state index contributed by atoms with van der Waals surface area (Å²) in [6, 6.07) is 5.84. The highest BCUT2D eigenvalue weighted by atomic mass is 32.2. The topological polar surface area (TPSA) is 112 Å². The molecular weight excluding hydrogens is 378 g/mol. The van der Waals surface area contributed by atoms with Gasteiger partial charge in [0.15, 0.2) is 0 Å². The molecule has 0 aliphatic carbocycles. The lowest BCUT2D eigenvalue weighted by molar-refractivity contribution is 0.0722. The minimum Gasteiger partial charge on any atom is -0.358 e. The quantitative estimate of drug-likeness (QED) is 0.666. The zero-order valence-electron chi connectivity index (χ0n) is 15.1. The number of nitrogens with one attached hydrogen (secondary N) is 1. The van der Waals surface area contributed by atoms with Crippen molar-refractivity contribution in [2.75, 3.05) is 18.8 Å². The van der Waals surface area contributed by atoms with Gasteiger partial charge in [-0.15, -0.1) is 0 Å². The van der Waals surface area contributed by atoms with Crippen LogP contribution >= 0.6 is 0 Å². The Hall–Kier alpha value is -3.21. The highest BCUT2D eigenvalue weighted by molar-refractivity contribution is 7.89. The predicted molar refractivity (Wildman–Crippen MR) is 103 cm³/mol. The number of aromatic nitrogens is 4. The maximum absolute atomic E-state index is 12.1. The molecule has 1 N–H and O–H groups in total. The molecule has 4 rings (SSSR count). The standard InChI is InChI=1S/C18H17N7O2S/c1-3-28(26,27)24-11-18(12-24,6-7-19)25-10-15(16(20-2)23-25)13-4-8-21-17-14(13)5-9-22-17/h4-5,8-10H,3,6,11-12H2,1H3,(H,21,22). The number of hydrogen-bond acceptors (Lipinski definition) is 5. The van der Waals surface area contributed by atoms with Crippen molar-refractivity contribution < 1.29 is 8.42 Å². The number of nitrogens with zero attached hydrogens (tertiary/aromatic N) is 6. The van der Waals surface area contributed by atoms with Crippen LogP contribution in [0.25, 0.3) is 27.0 Å². The fourth-order valence-corrected chi connectivity index (χ4v) is 4.79. The molecule has 9 nitrogen and oxygen atoms in total. The van der Waals surface area contributed by atoms with E-state index in [1.807, 2.05) is 12.1 Å². The van der Waals surface area contributed by atoms with E-state index in [0.717, 1.165) is 10.9 Å². The van der Waals surface area contributed by atoms with Gasteiger partial charge in [0.05, 0.1) is 18.2 Å². The van der Waals surface area contributed by atoms with E-state index in [-0.39, 0.29) is 31.1 Å². The van der Waals surface area contributed by atoms with Crippen molar-refractivity contribution in [1.29, 1.82) is 5.26 Å². The summed E-state index contributed by atoms with van der Waals surface area (Å²) in [5.41, 5.74) is 1.39. The second kappa shape index (κ2) is 6.44. The molecule has 1 fully saturated rings. The van der Waals surface area contributed by atoms with Crippen molar-refractivity contribution in [3.8, 4) is 17.2 Å². The zero-order valence-corrected chi connectivity index (χ0v) is 15.9. The smallest absolute Gasteiger partial charge is 0.303 e. The lowest BCUT2D eigenvalue weighted by Gasteiger charge is -2.46. The van der Waals surface area contributed by atoms with Gasteiger partial charge in [-0.05, 0) is 29.7 Å². The van der Waals surface area contributed by atoms with E-state index in [9.17, 15) is 13.7 Å². The van der Waals surface area contributed by atoms with Crippen molar-refractivity contribution in [2.24, 2.45) is 0 Å². The normalized spacial score (nSPS) is 16.4. The monoisotopic (exact) mass is 395 g/mol. The van der Waals surface area contributed by atoms with E-state index in [1.165, 1.54) is 4.31 Å². The summed E-state index contributed by atoms with van der Waals surface area (Å²) in [5, 5.41) is 14.6. The van der Waals surface area contributed by atoms with Gasteiger partial charge in [-0.2, -0.15) is 14.2 Å². The first-order valence-electron chi connectivity index (χ1n) is 8.69. The molecule has 0 radical (unpaired) electrons. The molecule has 0 amide bonds. The van der Waals surface area contributed by atoms with Crippen LogP contribution in [-0.2, 0) is 15.6 Å². The number of aromatic amines is 1. The van der Waals surface area contributed by atoms with E-state index in [4.69, 9.17) is 6.57 Å². The van der Waals surface area contributed by atoms with Gasteiger partial charge in [0.2, 0.25) is 10.0 Å². The van der Waals surface area contributed by atoms with E-state index < -0.39 is 15.6 Å². The van der Waals surface area contributed by atoms with Gasteiger partial charge >= 0.3 is 5.82 Å². The summed E-state index contributed by atoms with van der Waals surface area (Å²) >= 11 is 0. The summed E-state index contributed by atoms with van der Waals surface area (Å²) in [6.45, 7) is 9.46. The Kier molecular flexibility index (Phi) is 4.18. The fourth-order valence-electron chi connectivity index (χ4n) is 3.55. The lowest BCUT2D eigenvalue weighted by Crippen LogP contribution is -2.64. The number of pyridine rings is 1. The molecule has 4 heterocycles. The zero-order chi connectivity index (χ0) is 19.9. The highest BCUT2D eigenvalue weighted by Crippen LogP contribution is 2.39. The second-order valence-electron chi connectivity index (χ2n) is 6.75. The van der Waals surface area contributed by atoms with Crippen LogP contribution in [0.15, 0.2) is 30.7 Å².